The van der Waals surface area contributed by atoms with E-state index < -0.39 is 5.97 Å². The van der Waals surface area contributed by atoms with Gasteiger partial charge >= 0.3 is 5.97 Å². The number of para-hydroxylation sites is 1. The summed E-state index contributed by atoms with van der Waals surface area (Å²) in [5.41, 5.74) is 3.58. The molecule has 0 spiro atoms. The van der Waals surface area contributed by atoms with E-state index in [2.05, 4.69) is 37.6 Å². The number of hydrogen-bond acceptors (Lipinski definition) is 6. The molecule has 7 nitrogen and oxygen atoms in total. The first kappa shape index (κ1) is 19.7. The van der Waals surface area contributed by atoms with E-state index in [9.17, 15) is 9.90 Å². The van der Waals surface area contributed by atoms with Crippen LogP contribution in [0, 0.1) is 6.92 Å². The van der Waals surface area contributed by atoms with Crippen molar-refractivity contribution in [3.63, 3.8) is 0 Å². The van der Waals surface area contributed by atoms with E-state index >= 15 is 0 Å². The lowest BCUT2D eigenvalue weighted by Gasteiger charge is -2.28. The number of carbonyl (C=O) groups is 1. The topological polar surface area (TPSA) is 90.4 Å². The number of aromatic nitrogens is 2. The quantitative estimate of drug-likeness (QED) is 0.536. The molecule has 3 aromatic rings. The molecule has 2 heterocycles. The zero-order chi connectivity index (χ0) is 20.9. The predicted molar refractivity (Wildman–Crippen MR) is 119 cm³/mol. The summed E-state index contributed by atoms with van der Waals surface area (Å²) in [5, 5.41) is 15.7. The Bertz CT molecular complexity index is 1030. The van der Waals surface area contributed by atoms with Crippen LogP contribution in [0.5, 0.6) is 0 Å². The average Bonchev–Trinajstić information content (AvgIpc) is 2.75. The Morgan fingerprint density at radius 2 is 1.70 bits per heavy atom. The molecule has 1 aliphatic rings. The van der Waals surface area contributed by atoms with Crippen molar-refractivity contribution >= 4 is 34.8 Å². The minimum atomic E-state index is -0.990. The van der Waals surface area contributed by atoms with Crippen molar-refractivity contribution in [2.45, 2.75) is 26.2 Å². The molecule has 7 heteroatoms. The molecular formula is C23H25N5O2. The van der Waals surface area contributed by atoms with E-state index in [4.69, 9.17) is 0 Å². The van der Waals surface area contributed by atoms with Gasteiger partial charge in [0.15, 0.2) is 0 Å². The third kappa shape index (κ3) is 4.68. The van der Waals surface area contributed by atoms with Crippen LogP contribution in [0.3, 0.4) is 0 Å². The highest BCUT2D eigenvalue weighted by atomic mass is 16.4. The highest BCUT2D eigenvalue weighted by Gasteiger charge is 2.12. The summed E-state index contributed by atoms with van der Waals surface area (Å²) in [7, 11) is 0. The second-order valence-corrected chi connectivity index (χ2v) is 7.41. The lowest BCUT2D eigenvalue weighted by atomic mass is 10.1. The van der Waals surface area contributed by atoms with Crippen molar-refractivity contribution < 1.29 is 9.90 Å². The van der Waals surface area contributed by atoms with Crippen molar-refractivity contribution in [3.8, 4) is 0 Å². The molecule has 30 heavy (non-hydrogen) atoms. The number of aromatic carboxylic acids is 1. The van der Waals surface area contributed by atoms with E-state index in [-0.39, 0.29) is 5.56 Å². The molecule has 2 aromatic carbocycles. The fourth-order valence-corrected chi connectivity index (χ4v) is 3.64. The maximum Gasteiger partial charge on any atom is 0.337 e. The maximum absolute atomic E-state index is 11.4. The second kappa shape index (κ2) is 8.82. The molecule has 4 rings (SSSR count). The number of rotatable bonds is 6. The van der Waals surface area contributed by atoms with Crippen molar-refractivity contribution in [2.24, 2.45) is 0 Å². The Labute approximate surface area is 175 Å². The first-order valence-electron chi connectivity index (χ1n) is 10.2. The molecular weight excluding hydrogens is 378 g/mol. The Morgan fingerprint density at radius 3 is 2.43 bits per heavy atom. The van der Waals surface area contributed by atoms with Crippen LogP contribution in [0.15, 0.2) is 54.6 Å². The third-order valence-corrected chi connectivity index (χ3v) is 5.12. The van der Waals surface area contributed by atoms with Gasteiger partial charge in [0, 0.05) is 36.2 Å². The highest BCUT2D eigenvalue weighted by Crippen LogP contribution is 2.25. The van der Waals surface area contributed by atoms with Crippen molar-refractivity contribution in [3.05, 3.63) is 65.9 Å². The van der Waals surface area contributed by atoms with Crippen LogP contribution >= 0.6 is 0 Å². The van der Waals surface area contributed by atoms with Gasteiger partial charge in [-0.05, 0) is 62.6 Å². The molecule has 0 atom stereocenters. The number of nitrogens with zero attached hydrogens (tertiary/aromatic N) is 3. The molecule has 3 N–H and O–H groups in total. The van der Waals surface area contributed by atoms with Crippen LogP contribution in [0.1, 0.15) is 35.3 Å². The minimum Gasteiger partial charge on any atom is -0.478 e. The number of aryl methyl sites for hydroxylation is 1. The summed E-state index contributed by atoms with van der Waals surface area (Å²) in [6.07, 6.45) is 3.81. The van der Waals surface area contributed by atoms with Gasteiger partial charge in [0.2, 0.25) is 5.95 Å². The first-order valence-corrected chi connectivity index (χ1v) is 10.2. The van der Waals surface area contributed by atoms with E-state index in [0.29, 0.717) is 17.5 Å². The number of carboxylic acid groups (broad SMARTS) is 1. The molecule has 0 radical (unpaired) electrons. The standard InChI is InChI=1S/C23H25N5O2/c1-16-15-21(26-20-8-4-3-7-19(20)22(29)30)27-23(24-16)25-17-9-11-18(12-10-17)28-13-5-2-6-14-28/h3-4,7-12,15H,2,5-6,13-14H2,1H3,(H,29,30)(H2,24,25,26,27). The molecule has 0 unspecified atom stereocenters. The summed E-state index contributed by atoms with van der Waals surface area (Å²) >= 11 is 0. The molecule has 1 aromatic heterocycles. The lowest BCUT2D eigenvalue weighted by molar-refractivity contribution is 0.0698. The second-order valence-electron chi connectivity index (χ2n) is 7.41. The third-order valence-electron chi connectivity index (χ3n) is 5.12. The summed E-state index contributed by atoms with van der Waals surface area (Å²) in [5.74, 6) is -0.00399. The molecule has 0 aliphatic carbocycles. The van der Waals surface area contributed by atoms with Gasteiger partial charge in [0.1, 0.15) is 5.82 Å². The van der Waals surface area contributed by atoms with Crippen LogP contribution in [-0.4, -0.2) is 34.1 Å². The van der Waals surface area contributed by atoms with E-state index in [1.165, 1.54) is 24.9 Å². The van der Waals surface area contributed by atoms with Crippen LogP contribution in [0.25, 0.3) is 0 Å². The zero-order valence-electron chi connectivity index (χ0n) is 16.9. The van der Waals surface area contributed by atoms with Gasteiger partial charge in [-0.3, -0.25) is 0 Å². The first-order chi connectivity index (χ1) is 14.6. The summed E-state index contributed by atoms with van der Waals surface area (Å²) < 4.78 is 0. The normalized spacial score (nSPS) is 13.7. The molecule has 1 aliphatic heterocycles. The molecule has 154 valence electrons. The number of nitrogens with one attached hydrogen (secondary N) is 2. The smallest absolute Gasteiger partial charge is 0.337 e. The van der Waals surface area contributed by atoms with Gasteiger partial charge in [-0.2, -0.15) is 4.98 Å². The van der Waals surface area contributed by atoms with Crippen LogP contribution in [-0.2, 0) is 0 Å². The Kier molecular flexibility index (Phi) is 5.79. The summed E-state index contributed by atoms with van der Waals surface area (Å²) in [6, 6.07) is 16.8. The fourth-order valence-electron chi connectivity index (χ4n) is 3.64. The van der Waals surface area contributed by atoms with Gasteiger partial charge in [0.25, 0.3) is 0 Å². The molecule has 1 saturated heterocycles. The number of anilines is 5. The molecule has 1 fully saturated rings. The van der Waals surface area contributed by atoms with Crippen molar-refractivity contribution in [1.29, 1.82) is 0 Å². The SMILES string of the molecule is Cc1cc(Nc2ccccc2C(=O)O)nc(Nc2ccc(N3CCCCC3)cc2)n1. The highest BCUT2D eigenvalue weighted by molar-refractivity contribution is 5.95. The minimum absolute atomic E-state index is 0.191. The molecule has 0 saturated carbocycles. The summed E-state index contributed by atoms with van der Waals surface area (Å²) in [4.78, 5) is 22.8. The number of benzene rings is 2. The Balaban J connectivity index is 1.50. The summed E-state index contributed by atoms with van der Waals surface area (Å²) in [6.45, 7) is 4.10. The van der Waals surface area contributed by atoms with Crippen LogP contribution in [0.2, 0.25) is 0 Å². The number of carboxylic acids is 1. The van der Waals surface area contributed by atoms with Crippen LogP contribution < -0.4 is 15.5 Å². The van der Waals surface area contributed by atoms with Gasteiger partial charge in [-0.1, -0.05) is 12.1 Å². The Morgan fingerprint density at radius 1 is 0.967 bits per heavy atom. The van der Waals surface area contributed by atoms with E-state index in [1.807, 2.05) is 19.1 Å². The largest absolute Gasteiger partial charge is 0.478 e. The zero-order valence-corrected chi connectivity index (χ0v) is 16.9. The molecule has 0 amide bonds. The lowest BCUT2D eigenvalue weighted by Crippen LogP contribution is -2.29. The van der Waals surface area contributed by atoms with Crippen molar-refractivity contribution in [1.82, 2.24) is 9.97 Å². The van der Waals surface area contributed by atoms with E-state index in [1.54, 1.807) is 30.3 Å². The van der Waals surface area contributed by atoms with Gasteiger partial charge in [0.05, 0.1) is 11.3 Å². The monoisotopic (exact) mass is 403 g/mol. The maximum atomic E-state index is 11.4. The number of hydrogen-bond donors (Lipinski definition) is 3. The molecule has 0 bridgehead atoms. The fraction of sp³-hybridized carbons (Fsp3) is 0.261. The van der Waals surface area contributed by atoms with Gasteiger partial charge in [-0.15, -0.1) is 0 Å². The van der Waals surface area contributed by atoms with Crippen LogP contribution in [0.4, 0.5) is 28.8 Å². The van der Waals surface area contributed by atoms with Gasteiger partial charge < -0.3 is 20.6 Å². The van der Waals surface area contributed by atoms with E-state index in [0.717, 1.165) is 24.5 Å². The Hall–Kier alpha value is -3.61. The average molecular weight is 403 g/mol. The van der Waals surface area contributed by atoms with Crippen molar-refractivity contribution in [2.75, 3.05) is 28.6 Å². The number of piperidine rings is 1. The predicted octanol–water partition coefficient (Wildman–Crippen LogP) is 4.96. The van der Waals surface area contributed by atoms with Gasteiger partial charge in [-0.25, -0.2) is 9.78 Å².